The van der Waals surface area contributed by atoms with Crippen LogP contribution >= 0.6 is 0 Å². The van der Waals surface area contributed by atoms with Crippen LogP contribution in [0.15, 0.2) is 48.6 Å². The highest BCUT2D eigenvalue weighted by Crippen LogP contribution is 2.37. The fourth-order valence-corrected chi connectivity index (χ4v) is 4.20. The number of benzene rings is 2. The summed E-state index contributed by atoms with van der Waals surface area (Å²) in [6, 6.07) is 11.5. The lowest BCUT2D eigenvalue weighted by molar-refractivity contribution is 0.376. The molecular formula is C25H30F2. The number of hydrogen-bond donors (Lipinski definition) is 0. The van der Waals surface area contributed by atoms with Crippen molar-refractivity contribution in [3.05, 3.63) is 71.3 Å². The molecule has 1 saturated carbocycles. The van der Waals surface area contributed by atoms with Gasteiger partial charge in [0, 0.05) is 5.56 Å². The highest BCUT2D eigenvalue weighted by Gasteiger charge is 2.24. The van der Waals surface area contributed by atoms with Crippen LogP contribution in [0.25, 0.3) is 11.1 Å². The van der Waals surface area contributed by atoms with Crippen molar-refractivity contribution in [2.75, 3.05) is 0 Å². The van der Waals surface area contributed by atoms with Gasteiger partial charge in [-0.15, -0.1) is 0 Å². The average Bonchev–Trinajstić information content (AvgIpc) is 2.64. The second kappa shape index (κ2) is 7.96. The highest BCUT2D eigenvalue weighted by atomic mass is 19.2. The molecule has 0 N–H and O–H groups in total. The van der Waals surface area contributed by atoms with Gasteiger partial charge in [0.1, 0.15) is 0 Å². The Morgan fingerprint density at radius 3 is 2.04 bits per heavy atom. The van der Waals surface area contributed by atoms with Gasteiger partial charge in [-0.25, -0.2) is 8.78 Å². The van der Waals surface area contributed by atoms with E-state index in [1.807, 2.05) is 32.9 Å². The fraction of sp³-hybridized carbons (Fsp3) is 0.440. The van der Waals surface area contributed by atoms with E-state index in [0.29, 0.717) is 23.0 Å². The molecule has 2 aromatic rings. The Bertz CT molecular complexity index is 801. The lowest BCUT2D eigenvalue weighted by Crippen LogP contribution is -2.15. The first-order valence-electron chi connectivity index (χ1n) is 10.0. The van der Waals surface area contributed by atoms with Gasteiger partial charge in [-0.3, -0.25) is 0 Å². The Hall–Kier alpha value is -1.96. The van der Waals surface area contributed by atoms with Crippen LogP contribution in [0.1, 0.15) is 70.4 Å². The van der Waals surface area contributed by atoms with Crippen LogP contribution in [0.5, 0.6) is 0 Å². The Kier molecular flexibility index (Phi) is 5.83. The van der Waals surface area contributed by atoms with Gasteiger partial charge in [0.25, 0.3) is 0 Å². The van der Waals surface area contributed by atoms with Gasteiger partial charge in [-0.05, 0) is 66.5 Å². The summed E-state index contributed by atoms with van der Waals surface area (Å²) in [6.07, 6.45) is 9.31. The summed E-state index contributed by atoms with van der Waals surface area (Å²) in [5.41, 5.74) is 2.38. The molecule has 27 heavy (non-hydrogen) atoms. The molecule has 2 heteroatoms. The molecule has 0 heterocycles. The molecule has 0 amide bonds. The SMILES string of the molecule is CC=CC1CCC(c2ccc(-c3ccc(C(C)(C)C)c(F)c3F)cc2)CC1. The lowest BCUT2D eigenvalue weighted by Gasteiger charge is -2.27. The maximum Gasteiger partial charge on any atom is 0.166 e. The van der Waals surface area contributed by atoms with E-state index in [1.165, 1.54) is 31.2 Å². The van der Waals surface area contributed by atoms with Crippen LogP contribution in [0.4, 0.5) is 8.78 Å². The van der Waals surface area contributed by atoms with Crippen molar-refractivity contribution in [1.82, 2.24) is 0 Å². The van der Waals surface area contributed by atoms with Gasteiger partial charge in [0.2, 0.25) is 0 Å². The van der Waals surface area contributed by atoms with Crippen LogP contribution in [-0.2, 0) is 5.41 Å². The van der Waals surface area contributed by atoms with Crippen molar-refractivity contribution in [2.24, 2.45) is 5.92 Å². The Morgan fingerprint density at radius 1 is 0.852 bits per heavy atom. The smallest absolute Gasteiger partial charge is 0.166 e. The minimum atomic E-state index is -0.748. The van der Waals surface area contributed by atoms with Crippen molar-refractivity contribution < 1.29 is 8.78 Å². The van der Waals surface area contributed by atoms with E-state index in [-0.39, 0.29) is 0 Å². The zero-order valence-corrected chi connectivity index (χ0v) is 16.9. The van der Waals surface area contributed by atoms with Crippen molar-refractivity contribution in [1.29, 1.82) is 0 Å². The Balaban J connectivity index is 1.79. The maximum absolute atomic E-state index is 14.7. The minimum Gasteiger partial charge on any atom is -0.203 e. The summed E-state index contributed by atoms with van der Waals surface area (Å²) in [6.45, 7) is 7.76. The molecule has 0 atom stereocenters. The van der Waals surface area contributed by atoms with Crippen molar-refractivity contribution in [3.63, 3.8) is 0 Å². The predicted octanol–water partition coefficient (Wildman–Crippen LogP) is 7.78. The molecule has 0 bridgehead atoms. The number of allylic oxidation sites excluding steroid dienone is 2. The van der Waals surface area contributed by atoms with E-state index >= 15 is 0 Å². The fourth-order valence-electron chi connectivity index (χ4n) is 4.20. The van der Waals surface area contributed by atoms with E-state index in [2.05, 4.69) is 31.2 Å². The van der Waals surface area contributed by atoms with E-state index in [9.17, 15) is 8.78 Å². The van der Waals surface area contributed by atoms with Crippen LogP contribution in [0.3, 0.4) is 0 Å². The molecule has 1 aliphatic rings. The third-order valence-corrected chi connectivity index (χ3v) is 5.82. The predicted molar refractivity (Wildman–Crippen MR) is 110 cm³/mol. The minimum absolute atomic E-state index is 0.337. The molecule has 1 aliphatic carbocycles. The number of hydrogen-bond acceptors (Lipinski definition) is 0. The topological polar surface area (TPSA) is 0 Å². The molecule has 0 nitrogen and oxygen atoms in total. The Labute approximate surface area is 162 Å². The summed E-state index contributed by atoms with van der Waals surface area (Å²) in [5, 5.41) is 0. The summed E-state index contributed by atoms with van der Waals surface area (Å²) in [4.78, 5) is 0. The van der Waals surface area contributed by atoms with E-state index in [4.69, 9.17) is 0 Å². The van der Waals surface area contributed by atoms with Crippen molar-refractivity contribution in [3.8, 4) is 11.1 Å². The molecule has 0 unspecified atom stereocenters. The summed E-state index contributed by atoms with van der Waals surface area (Å²) in [7, 11) is 0. The standard InChI is InChI=1S/C25H30F2/c1-5-6-17-7-9-18(10-8-17)19-11-13-20(14-12-19)21-15-16-22(25(2,3)4)24(27)23(21)26/h5-6,11-18H,7-10H2,1-4H3. The average molecular weight is 369 g/mol. The van der Waals surface area contributed by atoms with E-state index in [0.717, 1.165) is 5.56 Å². The second-order valence-corrected chi connectivity index (χ2v) is 8.80. The monoisotopic (exact) mass is 368 g/mol. The molecule has 1 fully saturated rings. The summed E-state index contributed by atoms with van der Waals surface area (Å²) in [5.74, 6) is -0.192. The largest absolute Gasteiger partial charge is 0.203 e. The summed E-state index contributed by atoms with van der Waals surface area (Å²) < 4.78 is 29.2. The van der Waals surface area contributed by atoms with Crippen LogP contribution < -0.4 is 0 Å². The van der Waals surface area contributed by atoms with Gasteiger partial charge < -0.3 is 0 Å². The molecule has 0 aromatic heterocycles. The molecule has 0 saturated heterocycles. The van der Waals surface area contributed by atoms with Gasteiger partial charge >= 0.3 is 0 Å². The lowest BCUT2D eigenvalue weighted by atomic mass is 9.78. The second-order valence-electron chi connectivity index (χ2n) is 8.80. The number of rotatable bonds is 3. The Morgan fingerprint density at radius 2 is 1.48 bits per heavy atom. The molecule has 0 aliphatic heterocycles. The van der Waals surface area contributed by atoms with Gasteiger partial charge in [0.15, 0.2) is 11.6 Å². The van der Waals surface area contributed by atoms with Crippen molar-refractivity contribution >= 4 is 0 Å². The molecule has 144 valence electrons. The molecule has 2 aromatic carbocycles. The van der Waals surface area contributed by atoms with Gasteiger partial charge in [-0.1, -0.05) is 69.3 Å². The third kappa shape index (κ3) is 4.31. The van der Waals surface area contributed by atoms with Gasteiger partial charge in [0.05, 0.1) is 0 Å². The first-order valence-corrected chi connectivity index (χ1v) is 10.0. The van der Waals surface area contributed by atoms with Crippen LogP contribution in [0.2, 0.25) is 0 Å². The quantitative estimate of drug-likeness (QED) is 0.485. The van der Waals surface area contributed by atoms with Crippen molar-refractivity contribution in [2.45, 2.75) is 64.7 Å². The zero-order chi connectivity index (χ0) is 19.6. The van der Waals surface area contributed by atoms with Crippen LogP contribution in [-0.4, -0.2) is 0 Å². The first kappa shape index (κ1) is 19.8. The van der Waals surface area contributed by atoms with Gasteiger partial charge in [-0.2, -0.15) is 0 Å². The maximum atomic E-state index is 14.7. The van der Waals surface area contributed by atoms with E-state index in [1.54, 1.807) is 12.1 Å². The number of halogens is 2. The third-order valence-electron chi connectivity index (χ3n) is 5.82. The molecular weight excluding hydrogens is 338 g/mol. The zero-order valence-electron chi connectivity index (χ0n) is 16.9. The molecule has 0 spiro atoms. The summed E-state index contributed by atoms with van der Waals surface area (Å²) >= 11 is 0. The molecule has 0 radical (unpaired) electrons. The first-order chi connectivity index (χ1) is 12.8. The van der Waals surface area contributed by atoms with Crippen LogP contribution in [0, 0.1) is 17.6 Å². The van der Waals surface area contributed by atoms with E-state index < -0.39 is 17.0 Å². The molecule has 3 rings (SSSR count). The highest BCUT2D eigenvalue weighted by molar-refractivity contribution is 5.65. The normalized spacial score (nSPS) is 21.0.